The molecule has 0 spiro atoms. The lowest BCUT2D eigenvalue weighted by atomic mass is 9.68. The Morgan fingerprint density at radius 2 is 1.84 bits per heavy atom. The van der Waals surface area contributed by atoms with E-state index in [2.05, 4.69) is 50.2 Å². The van der Waals surface area contributed by atoms with Gasteiger partial charge in [-0.25, -0.2) is 0 Å². The van der Waals surface area contributed by atoms with E-state index in [0.29, 0.717) is 0 Å². The second-order valence-corrected chi connectivity index (χ2v) is 5.84. The van der Waals surface area contributed by atoms with E-state index in [1.807, 2.05) is 6.07 Å². The number of aliphatic hydroxyl groups is 1. The third-order valence-corrected chi connectivity index (χ3v) is 4.62. The summed E-state index contributed by atoms with van der Waals surface area (Å²) in [6, 6.07) is 10.7. The monoisotopic (exact) mass is 283 g/mol. The lowest BCUT2D eigenvalue weighted by Gasteiger charge is -2.46. The number of benzene rings is 1. The fraction of sp³-hybridized carbons (Fsp3) is 0.625. The van der Waals surface area contributed by atoms with Gasteiger partial charge in [-0.05, 0) is 39.4 Å². The van der Waals surface area contributed by atoms with Crippen molar-refractivity contribution in [2.75, 3.05) is 14.1 Å². The van der Waals surface area contributed by atoms with Crippen molar-refractivity contribution in [1.82, 2.24) is 4.90 Å². The average Bonchev–Trinajstić information content (AvgIpc) is 2.39. The summed E-state index contributed by atoms with van der Waals surface area (Å²) in [4.78, 5) is 2.14. The molecule has 0 bridgehead atoms. The second-order valence-electron chi connectivity index (χ2n) is 5.84. The van der Waals surface area contributed by atoms with E-state index in [0.717, 1.165) is 19.3 Å². The first-order valence-electron chi connectivity index (χ1n) is 6.99. The third-order valence-electron chi connectivity index (χ3n) is 4.62. The van der Waals surface area contributed by atoms with Crippen LogP contribution in [-0.2, 0) is 0 Å². The van der Waals surface area contributed by atoms with Crippen molar-refractivity contribution in [3.8, 4) is 0 Å². The zero-order chi connectivity index (χ0) is 13.2. The molecule has 1 aliphatic rings. The predicted octanol–water partition coefficient (Wildman–Crippen LogP) is 3.45. The smallest absolute Gasteiger partial charge is 0.0867 e. The Labute approximate surface area is 123 Å². The predicted molar refractivity (Wildman–Crippen MR) is 83.0 cm³/mol. The van der Waals surface area contributed by atoms with Gasteiger partial charge in [-0.3, -0.25) is 0 Å². The van der Waals surface area contributed by atoms with Crippen LogP contribution in [0.4, 0.5) is 0 Å². The molecule has 2 nitrogen and oxygen atoms in total. The Morgan fingerprint density at radius 1 is 1.21 bits per heavy atom. The van der Waals surface area contributed by atoms with Gasteiger partial charge in [-0.1, -0.05) is 43.2 Å². The van der Waals surface area contributed by atoms with Crippen molar-refractivity contribution >= 4 is 12.4 Å². The molecule has 3 heteroatoms. The Bertz CT molecular complexity index is 382. The van der Waals surface area contributed by atoms with Crippen LogP contribution in [0.1, 0.15) is 44.1 Å². The number of halogens is 1. The minimum absolute atomic E-state index is 0. The Kier molecular flexibility index (Phi) is 5.84. The van der Waals surface area contributed by atoms with Gasteiger partial charge >= 0.3 is 0 Å². The molecule has 1 aromatic rings. The Morgan fingerprint density at radius 3 is 2.42 bits per heavy atom. The van der Waals surface area contributed by atoms with Crippen LogP contribution in [0.3, 0.4) is 0 Å². The minimum atomic E-state index is -0.594. The van der Waals surface area contributed by atoms with Gasteiger partial charge in [0.25, 0.3) is 0 Å². The first-order chi connectivity index (χ1) is 8.55. The van der Waals surface area contributed by atoms with Crippen molar-refractivity contribution in [3.05, 3.63) is 35.9 Å². The first kappa shape index (κ1) is 16.5. The molecule has 19 heavy (non-hydrogen) atoms. The van der Waals surface area contributed by atoms with Gasteiger partial charge in [-0.15, -0.1) is 12.4 Å². The maximum absolute atomic E-state index is 11.2. The van der Waals surface area contributed by atoms with Crippen LogP contribution in [0.5, 0.6) is 0 Å². The van der Waals surface area contributed by atoms with Crippen molar-refractivity contribution in [2.45, 2.75) is 50.2 Å². The van der Waals surface area contributed by atoms with E-state index >= 15 is 0 Å². The van der Waals surface area contributed by atoms with Crippen LogP contribution in [0.2, 0.25) is 0 Å². The van der Waals surface area contributed by atoms with E-state index in [4.69, 9.17) is 0 Å². The molecular weight excluding hydrogens is 258 g/mol. The van der Waals surface area contributed by atoms with E-state index < -0.39 is 5.60 Å². The molecule has 1 aromatic carbocycles. The second kappa shape index (κ2) is 6.74. The largest absolute Gasteiger partial charge is 0.388 e. The third kappa shape index (κ3) is 3.31. The number of hydrogen-bond donors (Lipinski definition) is 1. The summed E-state index contributed by atoms with van der Waals surface area (Å²) in [6.45, 7) is 2.14. The van der Waals surface area contributed by atoms with Crippen molar-refractivity contribution < 1.29 is 5.11 Å². The molecule has 1 N–H and O–H groups in total. The zero-order valence-electron chi connectivity index (χ0n) is 12.2. The zero-order valence-corrected chi connectivity index (χ0v) is 13.0. The summed E-state index contributed by atoms with van der Waals surface area (Å²) in [5, 5.41) is 11.2. The highest BCUT2D eigenvalue weighted by Crippen LogP contribution is 2.43. The van der Waals surface area contributed by atoms with Crippen LogP contribution in [0, 0.1) is 0 Å². The number of nitrogens with zero attached hydrogens (tertiary/aromatic N) is 1. The van der Waals surface area contributed by atoms with Gasteiger partial charge in [-0.2, -0.15) is 0 Å². The molecule has 0 heterocycles. The van der Waals surface area contributed by atoms with Crippen LogP contribution in [-0.4, -0.2) is 35.7 Å². The summed E-state index contributed by atoms with van der Waals surface area (Å²) < 4.78 is 0. The molecule has 108 valence electrons. The molecule has 0 amide bonds. The molecule has 1 aliphatic carbocycles. The number of hydrogen-bond acceptors (Lipinski definition) is 2. The number of likely N-dealkylation sites (N-methyl/N-ethyl adjacent to an activating group) is 1. The highest BCUT2D eigenvalue weighted by atomic mass is 35.5. The molecule has 0 saturated heterocycles. The Balaban J connectivity index is 0.00000180. The quantitative estimate of drug-likeness (QED) is 0.918. The van der Waals surface area contributed by atoms with Gasteiger partial charge in [0.05, 0.1) is 5.60 Å². The van der Waals surface area contributed by atoms with Crippen molar-refractivity contribution in [1.29, 1.82) is 0 Å². The first-order valence-corrected chi connectivity index (χ1v) is 6.99. The summed E-state index contributed by atoms with van der Waals surface area (Å²) >= 11 is 0. The van der Waals surface area contributed by atoms with Gasteiger partial charge in [0, 0.05) is 12.0 Å². The van der Waals surface area contributed by atoms with Gasteiger partial charge in [0.2, 0.25) is 0 Å². The number of rotatable bonds is 3. The maximum atomic E-state index is 11.2. The van der Waals surface area contributed by atoms with Crippen molar-refractivity contribution in [2.24, 2.45) is 0 Å². The molecule has 1 saturated carbocycles. The fourth-order valence-electron chi connectivity index (χ4n) is 3.27. The standard InChI is InChI=1S/C16H25NO.ClH/c1-13(17(2)3)16(18)12-8-7-11-15(16)14-9-5-4-6-10-14;/h4-6,9-10,13,15,18H,7-8,11-12H2,1-3H3;1H. The molecule has 1 fully saturated rings. The van der Waals surface area contributed by atoms with E-state index in [1.165, 1.54) is 12.0 Å². The summed E-state index contributed by atoms with van der Waals surface area (Å²) in [5.41, 5.74) is 0.691. The molecule has 3 unspecified atom stereocenters. The highest BCUT2D eigenvalue weighted by Gasteiger charge is 2.44. The average molecular weight is 284 g/mol. The van der Waals surface area contributed by atoms with Gasteiger partial charge < -0.3 is 10.0 Å². The van der Waals surface area contributed by atoms with Gasteiger partial charge in [0.1, 0.15) is 0 Å². The lowest BCUT2D eigenvalue weighted by molar-refractivity contribution is -0.0709. The molecular formula is C16H26ClNO. The van der Waals surface area contributed by atoms with Crippen LogP contribution in [0.25, 0.3) is 0 Å². The summed E-state index contributed by atoms with van der Waals surface area (Å²) in [7, 11) is 4.11. The van der Waals surface area contributed by atoms with Crippen molar-refractivity contribution in [3.63, 3.8) is 0 Å². The summed E-state index contributed by atoms with van der Waals surface area (Å²) in [6.07, 6.45) is 4.37. The lowest BCUT2D eigenvalue weighted by Crippen LogP contribution is -2.53. The van der Waals surface area contributed by atoms with E-state index in [1.54, 1.807) is 0 Å². The SMILES string of the molecule is CC(N(C)C)C1(O)CCCCC1c1ccccc1.Cl. The Hall–Kier alpha value is -0.570. The molecule has 2 rings (SSSR count). The van der Waals surface area contributed by atoms with E-state index in [9.17, 15) is 5.11 Å². The maximum Gasteiger partial charge on any atom is 0.0867 e. The minimum Gasteiger partial charge on any atom is -0.388 e. The fourth-order valence-corrected chi connectivity index (χ4v) is 3.27. The molecule has 0 aromatic heterocycles. The van der Waals surface area contributed by atoms with Gasteiger partial charge in [0.15, 0.2) is 0 Å². The summed E-state index contributed by atoms with van der Waals surface area (Å²) in [5.74, 6) is 0.268. The topological polar surface area (TPSA) is 23.5 Å². The molecule has 3 atom stereocenters. The van der Waals surface area contributed by atoms with Crippen LogP contribution >= 0.6 is 12.4 Å². The van der Waals surface area contributed by atoms with Crippen LogP contribution < -0.4 is 0 Å². The van der Waals surface area contributed by atoms with E-state index in [-0.39, 0.29) is 24.4 Å². The molecule has 0 aliphatic heterocycles. The highest BCUT2D eigenvalue weighted by molar-refractivity contribution is 5.85. The normalized spacial score (nSPS) is 28.8. The molecule has 0 radical (unpaired) electrons. The van der Waals surface area contributed by atoms with Crippen LogP contribution in [0.15, 0.2) is 30.3 Å².